The van der Waals surface area contributed by atoms with Crippen molar-refractivity contribution in [2.45, 2.75) is 13.8 Å². The topological polar surface area (TPSA) is 70.9 Å². The lowest BCUT2D eigenvalue weighted by molar-refractivity contribution is -0.111. The monoisotopic (exact) mass is 309 g/mol. The Morgan fingerprint density at radius 2 is 2.28 bits per heavy atom. The molecule has 94 valence electrons. The third kappa shape index (κ3) is 2.89. The highest BCUT2D eigenvalue weighted by Gasteiger charge is 2.07. The molecule has 2 N–H and O–H groups in total. The van der Waals surface area contributed by atoms with Crippen LogP contribution in [0.15, 0.2) is 27.3 Å². The van der Waals surface area contributed by atoms with Gasteiger partial charge < -0.3 is 9.73 Å². The van der Waals surface area contributed by atoms with E-state index < -0.39 is 0 Å². The van der Waals surface area contributed by atoms with E-state index in [1.54, 1.807) is 18.2 Å². The number of aromatic nitrogens is 2. The molecule has 2 aromatic heterocycles. The maximum absolute atomic E-state index is 11.6. The van der Waals surface area contributed by atoms with Crippen LogP contribution in [0.3, 0.4) is 0 Å². The van der Waals surface area contributed by atoms with Crippen molar-refractivity contribution in [3.05, 3.63) is 39.9 Å². The zero-order valence-corrected chi connectivity index (χ0v) is 11.5. The Labute approximate surface area is 112 Å². The van der Waals surface area contributed by atoms with Gasteiger partial charge in [-0.2, -0.15) is 5.10 Å². The van der Waals surface area contributed by atoms with E-state index in [2.05, 4.69) is 31.4 Å². The standard InChI is InChI=1S/C12H12BrN3O2/c1-7-8(2)15-16-12(7)14-11(17)6-4-9-3-5-10(13)18-9/h3-6H,1-2H3,(H2,14,15,16,17)/b6-4+. The van der Waals surface area contributed by atoms with Crippen LogP contribution in [0, 0.1) is 13.8 Å². The van der Waals surface area contributed by atoms with Crippen molar-refractivity contribution in [3.8, 4) is 0 Å². The molecule has 0 aliphatic carbocycles. The van der Waals surface area contributed by atoms with E-state index in [1.165, 1.54) is 6.08 Å². The molecule has 2 heterocycles. The molecule has 0 spiro atoms. The molecule has 0 saturated heterocycles. The molecule has 0 bridgehead atoms. The number of nitrogens with zero attached hydrogens (tertiary/aromatic N) is 1. The minimum absolute atomic E-state index is 0.253. The molecule has 18 heavy (non-hydrogen) atoms. The minimum Gasteiger partial charge on any atom is -0.450 e. The van der Waals surface area contributed by atoms with Crippen molar-refractivity contribution in [2.24, 2.45) is 0 Å². The lowest BCUT2D eigenvalue weighted by atomic mass is 10.3. The van der Waals surface area contributed by atoms with Gasteiger partial charge in [-0.05, 0) is 48.0 Å². The van der Waals surface area contributed by atoms with Crippen LogP contribution < -0.4 is 5.32 Å². The lowest BCUT2D eigenvalue weighted by Crippen LogP contribution is -2.08. The van der Waals surface area contributed by atoms with Crippen LogP contribution in [0.5, 0.6) is 0 Å². The molecule has 0 atom stereocenters. The molecule has 6 heteroatoms. The quantitative estimate of drug-likeness (QED) is 0.856. The minimum atomic E-state index is -0.253. The van der Waals surface area contributed by atoms with Crippen molar-refractivity contribution in [3.63, 3.8) is 0 Å². The van der Waals surface area contributed by atoms with E-state index in [0.717, 1.165) is 11.3 Å². The summed E-state index contributed by atoms with van der Waals surface area (Å²) in [6.07, 6.45) is 2.99. The third-order valence-electron chi connectivity index (χ3n) is 2.49. The smallest absolute Gasteiger partial charge is 0.249 e. The van der Waals surface area contributed by atoms with Crippen LogP contribution >= 0.6 is 15.9 Å². The highest BCUT2D eigenvalue weighted by molar-refractivity contribution is 9.10. The molecule has 0 radical (unpaired) electrons. The summed E-state index contributed by atoms with van der Waals surface area (Å²) in [4.78, 5) is 11.6. The molecule has 0 unspecified atom stereocenters. The molecule has 0 aliphatic heterocycles. The van der Waals surface area contributed by atoms with Crippen LogP contribution in [0.1, 0.15) is 17.0 Å². The molecular formula is C12H12BrN3O2. The molecule has 2 aromatic rings. The van der Waals surface area contributed by atoms with Crippen LogP contribution in [0.2, 0.25) is 0 Å². The van der Waals surface area contributed by atoms with Crippen molar-refractivity contribution >= 4 is 33.7 Å². The molecule has 5 nitrogen and oxygen atoms in total. The predicted octanol–water partition coefficient (Wildman–Crippen LogP) is 3.03. The number of H-pyrrole nitrogens is 1. The fourth-order valence-corrected chi connectivity index (χ4v) is 1.66. The number of hydrogen-bond donors (Lipinski definition) is 2. The first kappa shape index (κ1) is 12.6. The van der Waals surface area contributed by atoms with E-state index in [1.807, 2.05) is 13.8 Å². The van der Waals surface area contributed by atoms with Crippen molar-refractivity contribution < 1.29 is 9.21 Å². The Morgan fingerprint density at radius 3 is 2.83 bits per heavy atom. The first-order chi connectivity index (χ1) is 8.56. The number of carbonyl (C=O) groups excluding carboxylic acids is 1. The van der Waals surface area contributed by atoms with Gasteiger partial charge in [0.1, 0.15) is 5.76 Å². The number of amides is 1. The normalized spacial score (nSPS) is 11.1. The average Bonchev–Trinajstić information content (AvgIpc) is 2.88. The number of aryl methyl sites for hydroxylation is 1. The maximum Gasteiger partial charge on any atom is 0.249 e. The first-order valence-corrected chi connectivity index (χ1v) is 6.11. The average molecular weight is 310 g/mol. The number of furan rings is 1. The number of hydrogen-bond acceptors (Lipinski definition) is 3. The molecule has 0 aliphatic rings. The Morgan fingerprint density at radius 1 is 1.50 bits per heavy atom. The maximum atomic E-state index is 11.6. The fourth-order valence-electron chi connectivity index (χ4n) is 1.34. The van der Waals surface area contributed by atoms with E-state index >= 15 is 0 Å². The lowest BCUT2D eigenvalue weighted by Gasteiger charge is -1.98. The van der Waals surface area contributed by atoms with Gasteiger partial charge in [0.25, 0.3) is 0 Å². The van der Waals surface area contributed by atoms with Gasteiger partial charge in [-0.15, -0.1) is 0 Å². The first-order valence-electron chi connectivity index (χ1n) is 5.32. The van der Waals surface area contributed by atoms with E-state index in [9.17, 15) is 4.79 Å². The fraction of sp³-hybridized carbons (Fsp3) is 0.167. The van der Waals surface area contributed by atoms with Crippen molar-refractivity contribution in [1.82, 2.24) is 10.2 Å². The predicted molar refractivity (Wildman–Crippen MR) is 72.1 cm³/mol. The Hall–Kier alpha value is -1.82. The van der Waals surface area contributed by atoms with Gasteiger partial charge in [-0.3, -0.25) is 9.89 Å². The van der Waals surface area contributed by atoms with Gasteiger partial charge in [-0.1, -0.05) is 0 Å². The zero-order valence-electron chi connectivity index (χ0n) is 9.95. The number of rotatable bonds is 3. The van der Waals surface area contributed by atoms with Crippen LogP contribution in [-0.2, 0) is 4.79 Å². The second kappa shape index (κ2) is 5.22. The van der Waals surface area contributed by atoms with Gasteiger partial charge in [0.05, 0.1) is 0 Å². The molecule has 0 saturated carbocycles. The molecule has 0 fully saturated rings. The van der Waals surface area contributed by atoms with Gasteiger partial charge >= 0.3 is 0 Å². The second-order valence-corrected chi connectivity index (χ2v) is 4.57. The number of carbonyl (C=O) groups is 1. The number of halogens is 1. The Kier molecular flexibility index (Phi) is 3.66. The SMILES string of the molecule is Cc1[nH]nc(NC(=O)/C=C/c2ccc(Br)o2)c1C. The highest BCUT2D eigenvalue weighted by atomic mass is 79.9. The zero-order chi connectivity index (χ0) is 13.1. The Bertz CT molecular complexity index is 598. The summed E-state index contributed by atoms with van der Waals surface area (Å²) in [6, 6.07) is 3.52. The molecule has 0 aromatic carbocycles. The highest BCUT2D eigenvalue weighted by Crippen LogP contribution is 2.16. The largest absolute Gasteiger partial charge is 0.450 e. The number of nitrogens with one attached hydrogen (secondary N) is 2. The van der Waals surface area contributed by atoms with E-state index in [4.69, 9.17) is 4.42 Å². The number of aromatic amines is 1. The summed E-state index contributed by atoms with van der Waals surface area (Å²) in [5.41, 5.74) is 1.86. The summed E-state index contributed by atoms with van der Waals surface area (Å²) < 4.78 is 5.87. The summed E-state index contributed by atoms with van der Waals surface area (Å²) in [7, 11) is 0. The summed E-state index contributed by atoms with van der Waals surface area (Å²) >= 11 is 3.19. The van der Waals surface area contributed by atoms with E-state index in [0.29, 0.717) is 16.2 Å². The summed E-state index contributed by atoms with van der Waals surface area (Å²) in [5.74, 6) is 0.895. The van der Waals surface area contributed by atoms with Crippen LogP contribution in [0.4, 0.5) is 5.82 Å². The van der Waals surface area contributed by atoms with Crippen molar-refractivity contribution in [1.29, 1.82) is 0 Å². The van der Waals surface area contributed by atoms with Gasteiger partial charge in [0, 0.05) is 17.3 Å². The third-order valence-corrected chi connectivity index (χ3v) is 2.91. The van der Waals surface area contributed by atoms with Crippen LogP contribution in [-0.4, -0.2) is 16.1 Å². The Balaban J connectivity index is 2.01. The summed E-state index contributed by atoms with van der Waals surface area (Å²) in [6.45, 7) is 3.79. The molecule has 1 amide bonds. The molecular weight excluding hydrogens is 298 g/mol. The number of anilines is 1. The van der Waals surface area contributed by atoms with E-state index in [-0.39, 0.29) is 5.91 Å². The second-order valence-electron chi connectivity index (χ2n) is 3.79. The van der Waals surface area contributed by atoms with Gasteiger partial charge in [0.15, 0.2) is 10.5 Å². The van der Waals surface area contributed by atoms with Crippen molar-refractivity contribution in [2.75, 3.05) is 5.32 Å². The van der Waals surface area contributed by atoms with Gasteiger partial charge in [-0.25, -0.2) is 0 Å². The molecule has 2 rings (SSSR count). The van der Waals surface area contributed by atoms with Crippen LogP contribution in [0.25, 0.3) is 6.08 Å². The summed E-state index contributed by atoms with van der Waals surface area (Å²) in [5, 5.41) is 9.49. The van der Waals surface area contributed by atoms with Gasteiger partial charge in [0.2, 0.25) is 5.91 Å².